The Hall–Kier alpha value is -7.34. The second-order valence-corrected chi connectivity index (χ2v) is 15.3. The molecular weight excluding hydrogens is 715 g/mol. The van der Waals surface area contributed by atoms with E-state index in [1.807, 2.05) is 12.1 Å². The maximum atomic E-state index is 6.46. The normalized spacial score (nSPS) is 11.9. The highest BCUT2D eigenvalue weighted by atomic mass is 32.1. The molecule has 0 fully saturated rings. The number of para-hydroxylation sites is 3. The van der Waals surface area contributed by atoms with Crippen LogP contribution in [0.2, 0.25) is 0 Å². The molecule has 0 radical (unpaired) electrons. The van der Waals surface area contributed by atoms with Crippen LogP contribution in [0.25, 0.3) is 115 Å². The molecule has 57 heavy (non-hydrogen) atoms. The second kappa shape index (κ2) is 12.6. The molecule has 0 unspecified atom stereocenters. The molecule has 0 aliphatic rings. The van der Waals surface area contributed by atoms with Crippen LogP contribution < -0.4 is 0 Å². The summed E-state index contributed by atoms with van der Waals surface area (Å²) >= 11 is 1.45. The molecule has 3 heterocycles. The molecule has 5 heteroatoms. The van der Waals surface area contributed by atoms with Gasteiger partial charge in [0, 0.05) is 43.9 Å². The summed E-state index contributed by atoms with van der Waals surface area (Å²) in [6.45, 7) is 0. The summed E-state index contributed by atoms with van der Waals surface area (Å²) in [5, 5.41) is 10.3. The summed E-state index contributed by atoms with van der Waals surface area (Å²) in [5.41, 5.74) is 11.9. The van der Waals surface area contributed by atoms with Crippen LogP contribution >= 0.6 is 11.5 Å². The van der Waals surface area contributed by atoms with Crippen molar-refractivity contribution in [2.45, 2.75) is 0 Å². The van der Waals surface area contributed by atoms with Crippen molar-refractivity contribution in [2.75, 3.05) is 0 Å². The number of hydrogen-bond donors (Lipinski definition) is 0. The SMILES string of the molecule is c1ccc(-c2c3ccccc3c(-c3nsc(-c4ccc(-n5c6ccccc6c6ccc(-c7cccc8c7oc7ccccc78)cc65)cc4)n3)c3ccccc23)cc1. The predicted molar refractivity (Wildman–Crippen MR) is 238 cm³/mol. The van der Waals surface area contributed by atoms with Crippen molar-refractivity contribution in [3.63, 3.8) is 0 Å². The van der Waals surface area contributed by atoms with Gasteiger partial charge in [0.2, 0.25) is 0 Å². The van der Waals surface area contributed by atoms with E-state index in [0.717, 1.165) is 82.5 Å². The van der Waals surface area contributed by atoms with Gasteiger partial charge in [-0.2, -0.15) is 4.37 Å². The van der Waals surface area contributed by atoms with Crippen molar-refractivity contribution in [1.82, 2.24) is 13.9 Å². The van der Waals surface area contributed by atoms with Crippen molar-refractivity contribution in [1.29, 1.82) is 0 Å². The van der Waals surface area contributed by atoms with Gasteiger partial charge in [0.05, 0.1) is 11.0 Å². The first-order valence-electron chi connectivity index (χ1n) is 19.2. The van der Waals surface area contributed by atoms with Crippen LogP contribution in [0.5, 0.6) is 0 Å². The van der Waals surface area contributed by atoms with Crippen LogP contribution in [0, 0.1) is 0 Å². The van der Waals surface area contributed by atoms with E-state index >= 15 is 0 Å². The molecule has 266 valence electrons. The van der Waals surface area contributed by atoms with Gasteiger partial charge in [-0.15, -0.1) is 0 Å². The lowest BCUT2D eigenvalue weighted by molar-refractivity contribution is 0.670. The van der Waals surface area contributed by atoms with Crippen molar-refractivity contribution >= 4 is 76.8 Å². The van der Waals surface area contributed by atoms with Gasteiger partial charge in [0.25, 0.3) is 0 Å². The Morgan fingerprint density at radius 3 is 1.77 bits per heavy atom. The van der Waals surface area contributed by atoms with Gasteiger partial charge in [-0.05, 0) is 92.2 Å². The molecule has 0 saturated carbocycles. The van der Waals surface area contributed by atoms with E-state index in [0.29, 0.717) is 0 Å². The van der Waals surface area contributed by atoms with Gasteiger partial charge < -0.3 is 8.98 Å². The summed E-state index contributed by atoms with van der Waals surface area (Å²) < 4.78 is 13.8. The van der Waals surface area contributed by atoms with Crippen LogP contribution in [-0.2, 0) is 0 Å². The highest BCUT2D eigenvalue weighted by molar-refractivity contribution is 7.09. The standard InChI is InChI=1S/C52H31N3OS/c1-2-13-32(14-3-1)48-40-17-4-6-19-42(40)49(43-20-7-5-18-41(43)48)51-53-52(57-54-51)33-25-28-35(29-26-33)55-45-23-10-8-15-37(45)38-30-27-34(31-46(38)55)36-21-12-22-44-39-16-9-11-24-47(39)56-50(36)44/h1-31H. The van der Waals surface area contributed by atoms with Gasteiger partial charge in [-0.1, -0.05) is 146 Å². The third kappa shape index (κ3) is 4.93. The lowest BCUT2D eigenvalue weighted by Gasteiger charge is -2.15. The van der Waals surface area contributed by atoms with E-state index < -0.39 is 0 Å². The summed E-state index contributed by atoms with van der Waals surface area (Å²) in [7, 11) is 0. The molecule has 0 spiro atoms. The Bertz CT molecular complexity index is 3460. The van der Waals surface area contributed by atoms with Gasteiger partial charge in [-0.25, -0.2) is 4.98 Å². The molecule has 0 aliphatic carbocycles. The largest absolute Gasteiger partial charge is 0.455 e. The molecule has 4 nitrogen and oxygen atoms in total. The summed E-state index contributed by atoms with van der Waals surface area (Å²) in [5.74, 6) is 0.750. The minimum atomic E-state index is 0.750. The maximum absolute atomic E-state index is 6.46. The van der Waals surface area contributed by atoms with Crippen molar-refractivity contribution in [3.8, 4) is 49.9 Å². The third-order valence-electron chi connectivity index (χ3n) is 11.4. The number of hydrogen-bond acceptors (Lipinski definition) is 4. The molecule has 0 bridgehead atoms. The number of fused-ring (bicyclic) bond motifs is 8. The number of aromatic nitrogens is 3. The highest BCUT2D eigenvalue weighted by Gasteiger charge is 2.21. The number of rotatable bonds is 5. The van der Waals surface area contributed by atoms with Gasteiger partial charge in [0.15, 0.2) is 5.82 Å². The van der Waals surface area contributed by atoms with E-state index in [9.17, 15) is 0 Å². The van der Waals surface area contributed by atoms with Crippen LogP contribution in [0.3, 0.4) is 0 Å². The highest BCUT2D eigenvalue weighted by Crippen LogP contribution is 2.44. The average Bonchev–Trinajstić information content (AvgIpc) is 4.00. The number of furan rings is 1. The van der Waals surface area contributed by atoms with Crippen LogP contribution in [-0.4, -0.2) is 13.9 Å². The first kappa shape index (κ1) is 32.0. The minimum Gasteiger partial charge on any atom is -0.455 e. The lowest BCUT2D eigenvalue weighted by atomic mass is 9.88. The van der Waals surface area contributed by atoms with Gasteiger partial charge in [-0.3, -0.25) is 0 Å². The Kier molecular flexibility index (Phi) is 7.06. The van der Waals surface area contributed by atoms with E-state index in [1.54, 1.807) is 0 Å². The summed E-state index contributed by atoms with van der Waals surface area (Å²) in [6, 6.07) is 66.8. The van der Waals surface area contributed by atoms with E-state index in [-0.39, 0.29) is 0 Å². The van der Waals surface area contributed by atoms with Gasteiger partial charge in [0.1, 0.15) is 16.2 Å². The molecule has 9 aromatic carbocycles. The quantitative estimate of drug-likeness (QED) is 0.165. The fourth-order valence-corrected chi connectivity index (χ4v) is 9.55. The Morgan fingerprint density at radius 1 is 0.421 bits per heavy atom. The Labute approximate surface area is 331 Å². The lowest BCUT2D eigenvalue weighted by Crippen LogP contribution is -1.94. The zero-order valence-electron chi connectivity index (χ0n) is 30.6. The fraction of sp³-hybridized carbons (Fsp3) is 0. The summed E-state index contributed by atoms with van der Waals surface area (Å²) in [6.07, 6.45) is 0. The van der Waals surface area contributed by atoms with E-state index in [1.165, 1.54) is 44.2 Å². The molecule has 0 atom stereocenters. The first-order chi connectivity index (χ1) is 28.3. The first-order valence-corrected chi connectivity index (χ1v) is 19.9. The molecule has 3 aromatic heterocycles. The van der Waals surface area contributed by atoms with E-state index in [4.69, 9.17) is 13.8 Å². The van der Waals surface area contributed by atoms with Crippen molar-refractivity contribution in [2.24, 2.45) is 0 Å². The molecule has 0 aliphatic heterocycles. The topological polar surface area (TPSA) is 43.9 Å². The van der Waals surface area contributed by atoms with Crippen LogP contribution in [0.15, 0.2) is 192 Å². The zero-order chi connectivity index (χ0) is 37.5. The van der Waals surface area contributed by atoms with Gasteiger partial charge >= 0.3 is 0 Å². The monoisotopic (exact) mass is 745 g/mol. The molecule has 12 aromatic rings. The minimum absolute atomic E-state index is 0.750. The Balaban J connectivity index is 0.969. The smallest absolute Gasteiger partial charge is 0.174 e. The summed E-state index contributed by atoms with van der Waals surface area (Å²) in [4.78, 5) is 5.22. The zero-order valence-corrected chi connectivity index (χ0v) is 31.4. The van der Waals surface area contributed by atoms with Crippen molar-refractivity contribution < 1.29 is 4.42 Å². The van der Waals surface area contributed by atoms with Crippen LogP contribution in [0.1, 0.15) is 0 Å². The number of nitrogens with zero attached hydrogens (tertiary/aromatic N) is 3. The molecular formula is C52H31N3OS. The third-order valence-corrected chi connectivity index (χ3v) is 12.2. The predicted octanol–water partition coefficient (Wildman–Crippen LogP) is 14.5. The molecule has 0 amide bonds. The maximum Gasteiger partial charge on any atom is 0.174 e. The second-order valence-electron chi connectivity index (χ2n) is 14.5. The van der Waals surface area contributed by atoms with Crippen molar-refractivity contribution in [3.05, 3.63) is 188 Å². The van der Waals surface area contributed by atoms with E-state index in [2.05, 4.69) is 180 Å². The average molecular weight is 746 g/mol. The molecule has 0 N–H and O–H groups in total. The molecule has 12 rings (SSSR count). The van der Waals surface area contributed by atoms with Crippen LogP contribution in [0.4, 0.5) is 0 Å². The Morgan fingerprint density at radius 2 is 1.02 bits per heavy atom. The number of benzene rings is 9. The fourth-order valence-electron chi connectivity index (χ4n) is 8.87. The molecule has 0 saturated heterocycles.